The molecule has 2 aromatic carbocycles. The number of hydrogen-bond donors (Lipinski definition) is 4. The van der Waals surface area contributed by atoms with Gasteiger partial charge in [-0.15, -0.1) is 10.2 Å². The van der Waals surface area contributed by atoms with Gasteiger partial charge in [0.15, 0.2) is 12.3 Å². The van der Waals surface area contributed by atoms with Crippen molar-refractivity contribution in [2.24, 2.45) is 0 Å². The standard InChI is InChI=1S/C27H22N10O4/c38-24-13-41-22-6-1-14(9-19(22)31-24)12-28-26(39)20-11-21(37-23(30-20)7-8-29-37)27(40)32-18-5-3-15-10-16(2-4-17(15)18)25-33-35-36-34-25/h1-2,4,6-11,18H,3,5,12-13H2,(H,28,39)(H,31,38)(H,32,40)(H,33,34,35,36)/t18-/m0/s1. The fourth-order valence-corrected chi connectivity index (χ4v) is 5.13. The van der Waals surface area contributed by atoms with Crippen LogP contribution in [0, 0.1) is 0 Å². The number of fused-ring (bicyclic) bond motifs is 3. The molecule has 14 heteroatoms. The normalized spacial score (nSPS) is 15.5. The van der Waals surface area contributed by atoms with Gasteiger partial charge < -0.3 is 20.7 Å². The summed E-state index contributed by atoms with van der Waals surface area (Å²) in [4.78, 5) is 42.6. The van der Waals surface area contributed by atoms with Gasteiger partial charge in [0.05, 0.1) is 17.9 Å². The van der Waals surface area contributed by atoms with Gasteiger partial charge in [-0.3, -0.25) is 14.4 Å². The SMILES string of the molecule is O=C1COc2ccc(CNC(=O)c3cc(C(=O)N[C@H]4CCc5cc(-c6nn[nH]n6)ccc54)n4nccc4n3)cc2N1. The maximum atomic E-state index is 13.5. The number of carbonyl (C=O) groups is 3. The Morgan fingerprint density at radius 1 is 1.10 bits per heavy atom. The summed E-state index contributed by atoms with van der Waals surface area (Å²) in [6.07, 6.45) is 3.03. The van der Waals surface area contributed by atoms with E-state index in [4.69, 9.17) is 4.74 Å². The number of ether oxygens (including phenoxy) is 1. The quantitative estimate of drug-likeness (QED) is 0.244. The largest absolute Gasteiger partial charge is 0.482 e. The van der Waals surface area contributed by atoms with Crippen LogP contribution in [0.2, 0.25) is 0 Å². The molecule has 1 aliphatic carbocycles. The summed E-state index contributed by atoms with van der Waals surface area (Å²) in [5.74, 6) is 0.0102. The van der Waals surface area contributed by atoms with Gasteiger partial charge in [0.1, 0.15) is 17.1 Å². The number of anilines is 1. The van der Waals surface area contributed by atoms with Gasteiger partial charge >= 0.3 is 0 Å². The van der Waals surface area contributed by atoms with Crippen molar-refractivity contribution >= 4 is 29.1 Å². The zero-order valence-electron chi connectivity index (χ0n) is 21.4. The maximum Gasteiger partial charge on any atom is 0.270 e. The molecule has 5 aromatic rings. The average molecular weight is 551 g/mol. The van der Waals surface area contributed by atoms with Crippen LogP contribution in [-0.4, -0.2) is 59.6 Å². The summed E-state index contributed by atoms with van der Waals surface area (Å²) in [6, 6.07) is 14.0. The smallest absolute Gasteiger partial charge is 0.270 e. The first-order valence-electron chi connectivity index (χ1n) is 12.9. The van der Waals surface area contributed by atoms with Gasteiger partial charge in [-0.25, -0.2) is 9.50 Å². The summed E-state index contributed by atoms with van der Waals surface area (Å²) in [7, 11) is 0. The van der Waals surface area contributed by atoms with E-state index in [1.54, 1.807) is 24.3 Å². The highest BCUT2D eigenvalue weighted by molar-refractivity contribution is 5.98. The lowest BCUT2D eigenvalue weighted by atomic mass is 10.0. The Bertz CT molecular complexity index is 1830. The topological polar surface area (TPSA) is 181 Å². The molecule has 0 radical (unpaired) electrons. The summed E-state index contributed by atoms with van der Waals surface area (Å²) < 4.78 is 6.79. The predicted molar refractivity (Wildman–Crippen MR) is 143 cm³/mol. The second-order valence-corrected chi connectivity index (χ2v) is 9.69. The van der Waals surface area contributed by atoms with E-state index in [-0.39, 0.29) is 42.4 Å². The third kappa shape index (κ3) is 4.60. The number of rotatable bonds is 6. The third-order valence-electron chi connectivity index (χ3n) is 7.08. The number of tetrazole rings is 1. The average Bonchev–Trinajstić information content (AvgIpc) is 3.76. The Kier molecular flexibility index (Phi) is 5.84. The highest BCUT2D eigenvalue weighted by Crippen LogP contribution is 2.34. The van der Waals surface area contributed by atoms with Crippen molar-refractivity contribution in [2.75, 3.05) is 11.9 Å². The van der Waals surface area contributed by atoms with Crippen molar-refractivity contribution in [2.45, 2.75) is 25.4 Å². The molecule has 0 bridgehead atoms. The number of hydrogen-bond acceptors (Lipinski definition) is 9. The number of aromatic amines is 1. The van der Waals surface area contributed by atoms with Crippen molar-refractivity contribution in [3.63, 3.8) is 0 Å². The number of nitrogens with zero attached hydrogens (tertiary/aromatic N) is 6. The summed E-state index contributed by atoms with van der Waals surface area (Å²) >= 11 is 0. The first-order valence-corrected chi connectivity index (χ1v) is 12.9. The van der Waals surface area contributed by atoms with E-state index in [1.165, 1.54) is 16.8 Å². The molecule has 1 atom stereocenters. The minimum absolute atomic E-state index is 0.0303. The minimum atomic E-state index is -0.457. The zero-order chi connectivity index (χ0) is 27.9. The molecule has 4 N–H and O–H groups in total. The highest BCUT2D eigenvalue weighted by Gasteiger charge is 2.27. The van der Waals surface area contributed by atoms with E-state index in [0.717, 1.165) is 35.1 Å². The molecule has 4 heterocycles. The van der Waals surface area contributed by atoms with Crippen LogP contribution in [0.4, 0.5) is 5.69 Å². The Morgan fingerprint density at radius 3 is 2.90 bits per heavy atom. The number of aromatic nitrogens is 7. The molecule has 1 aliphatic heterocycles. The fraction of sp³-hybridized carbons (Fsp3) is 0.185. The molecule has 14 nitrogen and oxygen atoms in total. The van der Waals surface area contributed by atoms with E-state index in [2.05, 4.69) is 46.7 Å². The van der Waals surface area contributed by atoms with E-state index in [0.29, 0.717) is 22.9 Å². The molecule has 0 fully saturated rings. The molecule has 0 unspecified atom stereocenters. The van der Waals surface area contributed by atoms with E-state index in [1.807, 2.05) is 18.2 Å². The fourth-order valence-electron chi connectivity index (χ4n) is 5.13. The molecule has 204 valence electrons. The lowest BCUT2D eigenvalue weighted by molar-refractivity contribution is -0.118. The van der Waals surface area contributed by atoms with Gasteiger partial charge in [-0.2, -0.15) is 10.3 Å². The van der Waals surface area contributed by atoms with Crippen molar-refractivity contribution in [3.8, 4) is 17.1 Å². The molecule has 0 saturated heterocycles. The van der Waals surface area contributed by atoms with Crippen LogP contribution in [0.1, 0.15) is 50.1 Å². The van der Waals surface area contributed by atoms with Crippen LogP contribution < -0.4 is 20.7 Å². The second kappa shape index (κ2) is 9.82. The lowest BCUT2D eigenvalue weighted by Crippen LogP contribution is -2.30. The first kappa shape index (κ1) is 24.4. The van der Waals surface area contributed by atoms with Crippen molar-refractivity contribution < 1.29 is 19.1 Å². The third-order valence-corrected chi connectivity index (χ3v) is 7.08. The van der Waals surface area contributed by atoms with Crippen LogP contribution in [0.15, 0.2) is 54.7 Å². The molecular formula is C27H22N10O4. The zero-order valence-corrected chi connectivity index (χ0v) is 21.4. The maximum absolute atomic E-state index is 13.5. The molecule has 3 aromatic heterocycles. The predicted octanol–water partition coefficient (Wildman–Crippen LogP) is 1.59. The molecule has 2 aliphatic rings. The molecule has 0 saturated carbocycles. The van der Waals surface area contributed by atoms with Crippen LogP contribution in [-0.2, 0) is 17.8 Å². The van der Waals surface area contributed by atoms with Crippen LogP contribution >= 0.6 is 0 Å². The Morgan fingerprint density at radius 2 is 2.02 bits per heavy atom. The Balaban J connectivity index is 1.08. The lowest BCUT2D eigenvalue weighted by Gasteiger charge is -2.18. The summed E-state index contributed by atoms with van der Waals surface area (Å²) in [6.45, 7) is 0.151. The number of benzene rings is 2. The van der Waals surface area contributed by atoms with E-state index in [9.17, 15) is 14.4 Å². The molecule has 0 spiro atoms. The molecule has 7 rings (SSSR count). The molecular weight excluding hydrogens is 528 g/mol. The van der Waals surface area contributed by atoms with Crippen molar-refractivity contribution in [1.82, 2.24) is 45.9 Å². The van der Waals surface area contributed by atoms with Crippen LogP contribution in [0.25, 0.3) is 17.0 Å². The minimum Gasteiger partial charge on any atom is -0.482 e. The van der Waals surface area contributed by atoms with Crippen molar-refractivity contribution in [1.29, 1.82) is 0 Å². The summed E-state index contributed by atoms with van der Waals surface area (Å²) in [5.41, 5.74) is 4.91. The molecule has 41 heavy (non-hydrogen) atoms. The Labute approximate surface area is 231 Å². The number of H-pyrrole nitrogens is 1. The monoisotopic (exact) mass is 550 g/mol. The van der Waals surface area contributed by atoms with Crippen LogP contribution in [0.5, 0.6) is 5.75 Å². The molecule has 3 amide bonds. The van der Waals surface area contributed by atoms with Crippen molar-refractivity contribution in [3.05, 3.63) is 82.8 Å². The van der Waals surface area contributed by atoms with Gasteiger partial charge in [-0.05, 0) is 52.9 Å². The number of aryl methyl sites for hydroxylation is 1. The number of nitrogens with one attached hydrogen (secondary N) is 4. The number of carbonyl (C=O) groups excluding carboxylic acids is 3. The highest BCUT2D eigenvalue weighted by atomic mass is 16.5. The van der Waals surface area contributed by atoms with Crippen LogP contribution in [0.3, 0.4) is 0 Å². The summed E-state index contributed by atoms with van der Waals surface area (Å²) in [5, 5.41) is 27.0. The van der Waals surface area contributed by atoms with Gasteiger partial charge in [0.25, 0.3) is 17.7 Å². The second-order valence-electron chi connectivity index (χ2n) is 9.69. The van der Waals surface area contributed by atoms with Gasteiger partial charge in [0.2, 0.25) is 5.82 Å². The Hall–Kier alpha value is -5.66. The first-order chi connectivity index (χ1) is 20.0. The number of amides is 3. The van der Waals surface area contributed by atoms with Gasteiger partial charge in [0, 0.05) is 24.2 Å². The van der Waals surface area contributed by atoms with Gasteiger partial charge in [-0.1, -0.05) is 18.2 Å². The van der Waals surface area contributed by atoms with E-state index >= 15 is 0 Å². The van der Waals surface area contributed by atoms with E-state index < -0.39 is 5.91 Å².